The first-order chi connectivity index (χ1) is 23.6. The monoisotopic (exact) mass is 774 g/mol. The topological polar surface area (TPSA) is 182 Å². The minimum atomic E-state index is -5.18. The molecule has 0 aliphatic carbocycles. The highest BCUT2D eigenvalue weighted by molar-refractivity contribution is 8.09. The van der Waals surface area contributed by atoms with Crippen molar-refractivity contribution in [2.45, 2.75) is 17.8 Å². The van der Waals surface area contributed by atoms with Crippen LogP contribution in [-0.2, 0) is 36.6 Å². The molecule has 0 spiro atoms. The number of hydrogen-bond donors (Lipinski definition) is 2. The quantitative estimate of drug-likeness (QED) is 0.198. The van der Waals surface area contributed by atoms with E-state index in [1.54, 1.807) is 4.72 Å². The molecule has 0 bridgehead atoms. The van der Waals surface area contributed by atoms with Crippen molar-refractivity contribution < 1.29 is 56.7 Å². The van der Waals surface area contributed by atoms with Crippen LogP contribution in [0.3, 0.4) is 0 Å². The summed E-state index contributed by atoms with van der Waals surface area (Å²) in [6.45, 7) is -0.650. The van der Waals surface area contributed by atoms with E-state index < -0.39 is 93.7 Å². The number of benzene rings is 3. The second-order valence-corrected chi connectivity index (χ2v) is 16.4. The van der Waals surface area contributed by atoms with Crippen molar-refractivity contribution in [1.29, 1.82) is 0 Å². The minimum Gasteiger partial charge on any atom is -0.406 e. The molecule has 0 aliphatic heterocycles. The van der Waals surface area contributed by atoms with Crippen molar-refractivity contribution >= 4 is 52.6 Å². The Bertz CT molecular complexity index is 2570. The van der Waals surface area contributed by atoms with Gasteiger partial charge in [-0.2, -0.15) is 3.71 Å². The molecule has 2 N–H and O–H groups in total. The molecule has 0 saturated heterocycles. The van der Waals surface area contributed by atoms with Gasteiger partial charge in [0.15, 0.2) is 0 Å². The molecule has 0 saturated carbocycles. The molecule has 1 amide bonds. The van der Waals surface area contributed by atoms with E-state index in [9.17, 15) is 56.8 Å². The number of H-pyrrole nitrogens is 1. The predicted molar refractivity (Wildman–Crippen MR) is 173 cm³/mol. The van der Waals surface area contributed by atoms with E-state index in [1.807, 2.05) is 0 Å². The highest BCUT2D eigenvalue weighted by atomic mass is 32.3. The van der Waals surface area contributed by atoms with Crippen LogP contribution >= 0.6 is 0 Å². The number of rotatable bonds is 10. The summed E-state index contributed by atoms with van der Waals surface area (Å²) in [6, 6.07) is 11.1. The van der Waals surface area contributed by atoms with Crippen LogP contribution in [0.1, 0.15) is 16.1 Å². The Morgan fingerprint density at radius 2 is 1.59 bits per heavy atom. The molecule has 0 atom stereocenters. The molecule has 3 aromatic carbocycles. The second kappa shape index (κ2) is 13.1. The summed E-state index contributed by atoms with van der Waals surface area (Å²) >= 11 is 0. The van der Waals surface area contributed by atoms with Crippen molar-refractivity contribution in [3.05, 3.63) is 112 Å². The van der Waals surface area contributed by atoms with Gasteiger partial charge in [0.05, 0.1) is 29.6 Å². The molecular formula is C30H23F5N4O9S3. The molecule has 0 aliphatic rings. The van der Waals surface area contributed by atoms with Crippen molar-refractivity contribution in [1.82, 2.24) is 14.3 Å². The number of ether oxygens (including phenoxy) is 1. The first-order valence-corrected chi connectivity index (χ1v) is 19.2. The lowest BCUT2D eigenvalue weighted by atomic mass is 10.0. The maximum atomic E-state index is 14.9. The number of aromatic amines is 1. The van der Waals surface area contributed by atoms with Gasteiger partial charge in [-0.15, -0.1) is 13.2 Å². The number of nitrogens with zero attached hydrogens (tertiary/aromatic N) is 2. The molecule has 5 aromatic rings. The van der Waals surface area contributed by atoms with Gasteiger partial charge in [0.1, 0.15) is 23.1 Å². The first kappa shape index (κ1) is 37.0. The first-order valence-electron chi connectivity index (χ1n) is 14.0. The van der Waals surface area contributed by atoms with Crippen LogP contribution < -0.4 is 18.7 Å². The van der Waals surface area contributed by atoms with Gasteiger partial charge in [-0.25, -0.2) is 38.8 Å². The Balaban J connectivity index is 1.75. The van der Waals surface area contributed by atoms with Gasteiger partial charge in [-0.3, -0.25) is 9.59 Å². The van der Waals surface area contributed by atoms with Crippen LogP contribution in [-0.4, -0.2) is 59.6 Å². The van der Waals surface area contributed by atoms with Gasteiger partial charge in [0.2, 0.25) is 20.0 Å². The Kier molecular flexibility index (Phi) is 9.51. The second-order valence-electron chi connectivity index (χ2n) is 10.8. The molecule has 2 aromatic heterocycles. The molecule has 5 rings (SSSR count). The number of fused-ring (bicyclic) bond motifs is 1. The largest absolute Gasteiger partial charge is 0.573 e. The number of carbonyl (C=O) groups is 1. The van der Waals surface area contributed by atoms with Crippen LogP contribution in [0, 0.1) is 11.6 Å². The average Bonchev–Trinajstić information content (AvgIpc) is 3.29. The van der Waals surface area contributed by atoms with Gasteiger partial charge in [0.25, 0.3) is 21.5 Å². The number of sulfonamides is 3. The lowest BCUT2D eigenvalue weighted by Crippen LogP contribution is -2.36. The SMILES string of the molecule is CS(=O)(=O)N(c1cccc(S(=O)(=O)NC(=O)c2c(-c3ccc[nH]c3=O)c3cc(OC(F)(F)F)ccc3n2Cc2ccc(F)cc2F)c1)S(C)(=O)=O. The molecule has 270 valence electrons. The molecule has 21 heteroatoms. The van der Waals surface area contributed by atoms with E-state index in [2.05, 4.69) is 9.72 Å². The number of pyridine rings is 1. The third kappa shape index (κ3) is 7.89. The Hall–Kier alpha value is -5.28. The van der Waals surface area contributed by atoms with Gasteiger partial charge in [0, 0.05) is 39.9 Å². The maximum Gasteiger partial charge on any atom is 0.573 e. The van der Waals surface area contributed by atoms with Gasteiger partial charge in [-0.1, -0.05) is 12.1 Å². The summed E-state index contributed by atoms with van der Waals surface area (Å²) in [4.78, 5) is 28.7. The number of halogens is 5. The van der Waals surface area contributed by atoms with Crippen molar-refractivity contribution in [3.63, 3.8) is 0 Å². The van der Waals surface area contributed by atoms with Crippen LogP contribution in [0.25, 0.3) is 22.0 Å². The summed E-state index contributed by atoms with van der Waals surface area (Å²) in [5.41, 5.74) is -3.34. The van der Waals surface area contributed by atoms with E-state index in [0.717, 1.165) is 53.1 Å². The third-order valence-electron chi connectivity index (χ3n) is 7.08. The van der Waals surface area contributed by atoms with Crippen molar-refractivity contribution in [3.8, 4) is 16.9 Å². The molecule has 0 radical (unpaired) electrons. The number of hydrogen-bond acceptors (Lipinski definition) is 9. The zero-order chi connectivity index (χ0) is 37.7. The van der Waals surface area contributed by atoms with Gasteiger partial charge < -0.3 is 14.3 Å². The number of anilines is 1. The van der Waals surface area contributed by atoms with Crippen LogP contribution in [0.2, 0.25) is 0 Å². The predicted octanol–water partition coefficient (Wildman–Crippen LogP) is 4.07. The van der Waals surface area contributed by atoms with Crippen molar-refractivity contribution in [2.75, 3.05) is 16.2 Å². The van der Waals surface area contributed by atoms with E-state index in [4.69, 9.17) is 0 Å². The zero-order valence-electron chi connectivity index (χ0n) is 25.9. The van der Waals surface area contributed by atoms with E-state index in [1.165, 1.54) is 18.3 Å². The normalized spacial score (nSPS) is 12.5. The molecule has 0 fully saturated rings. The molecule has 0 unspecified atom stereocenters. The fraction of sp³-hybridized carbons (Fsp3) is 0.133. The number of aromatic nitrogens is 2. The van der Waals surface area contributed by atoms with Gasteiger partial charge in [-0.05, 0) is 54.6 Å². The third-order valence-corrected chi connectivity index (χ3v) is 11.7. The molecule has 13 nitrogen and oxygen atoms in total. The standard InChI is InChI=1S/C30H23F5N4O9S3/c1-49(42,43)39(50(2,44)45)19-5-3-6-21(14-19)51(46,47)37-29(41)27-26(22-7-4-12-36-28(22)40)23-15-20(48-30(33,34)35)10-11-25(23)38(27)16-17-8-9-18(31)13-24(17)32/h3-15H,16H2,1-2H3,(H,36,40)(H,37,41). The lowest BCUT2D eigenvalue weighted by molar-refractivity contribution is -0.274. The van der Waals surface area contributed by atoms with Crippen LogP contribution in [0.15, 0.2) is 88.7 Å². The summed E-state index contributed by atoms with van der Waals surface area (Å²) in [7, 11) is -14.1. The Morgan fingerprint density at radius 1 is 0.902 bits per heavy atom. The summed E-state index contributed by atoms with van der Waals surface area (Å²) in [5, 5.41) is -0.252. The van der Waals surface area contributed by atoms with Crippen LogP contribution in [0.5, 0.6) is 5.75 Å². The van der Waals surface area contributed by atoms with Crippen molar-refractivity contribution in [2.24, 2.45) is 0 Å². The highest BCUT2D eigenvalue weighted by Gasteiger charge is 2.34. The summed E-state index contributed by atoms with van der Waals surface area (Å²) in [5.74, 6) is -4.38. The summed E-state index contributed by atoms with van der Waals surface area (Å²) < 4.78 is 151. The fourth-order valence-electron chi connectivity index (χ4n) is 5.26. The zero-order valence-corrected chi connectivity index (χ0v) is 28.3. The van der Waals surface area contributed by atoms with Crippen LogP contribution in [0.4, 0.5) is 27.6 Å². The molecule has 2 heterocycles. The maximum absolute atomic E-state index is 14.9. The summed E-state index contributed by atoms with van der Waals surface area (Å²) in [6.07, 6.45) is -2.87. The number of carbonyl (C=O) groups excluding carboxylic acids is 1. The smallest absolute Gasteiger partial charge is 0.406 e. The number of amides is 1. The molecule has 51 heavy (non-hydrogen) atoms. The van der Waals surface area contributed by atoms with Gasteiger partial charge >= 0.3 is 6.36 Å². The number of alkyl halides is 3. The molecular weight excluding hydrogens is 752 g/mol. The van der Waals surface area contributed by atoms with E-state index in [0.29, 0.717) is 24.6 Å². The number of nitrogens with one attached hydrogen (secondary N) is 2. The van der Waals surface area contributed by atoms with E-state index in [-0.39, 0.29) is 25.7 Å². The highest BCUT2D eigenvalue weighted by Crippen LogP contribution is 2.38. The average molecular weight is 775 g/mol. The minimum absolute atomic E-state index is 0.0453. The Labute approximate surface area is 286 Å². The van der Waals surface area contributed by atoms with E-state index >= 15 is 0 Å². The Morgan fingerprint density at radius 3 is 2.20 bits per heavy atom. The lowest BCUT2D eigenvalue weighted by Gasteiger charge is -2.20. The fourth-order valence-corrected chi connectivity index (χ4v) is 9.22.